The van der Waals surface area contributed by atoms with Crippen molar-refractivity contribution in [3.05, 3.63) is 28.8 Å². The van der Waals surface area contributed by atoms with Crippen molar-refractivity contribution >= 4 is 27.4 Å². The van der Waals surface area contributed by atoms with Crippen LogP contribution in [0.3, 0.4) is 0 Å². The van der Waals surface area contributed by atoms with Crippen LogP contribution in [-0.4, -0.2) is 37.0 Å². The van der Waals surface area contributed by atoms with Crippen molar-refractivity contribution < 1.29 is 0 Å². The topological polar surface area (TPSA) is 86.1 Å². The fourth-order valence-corrected chi connectivity index (χ4v) is 2.91. The van der Waals surface area contributed by atoms with Crippen LogP contribution in [0.1, 0.15) is 33.4 Å². The maximum atomic E-state index is 6.22. The van der Waals surface area contributed by atoms with Gasteiger partial charge >= 0.3 is 0 Å². The van der Waals surface area contributed by atoms with Gasteiger partial charge in [0.25, 0.3) is 0 Å². The summed E-state index contributed by atoms with van der Waals surface area (Å²) in [5.74, 6) is 0.560. The van der Waals surface area contributed by atoms with Crippen LogP contribution in [0.5, 0.6) is 0 Å². The minimum absolute atomic E-state index is 0.441. The molecule has 0 aliphatic rings. The number of aromatic nitrogens is 5. The van der Waals surface area contributed by atoms with Crippen molar-refractivity contribution in [3.8, 4) is 11.1 Å². The molecule has 3 rings (SSSR count). The lowest BCUT2D eigenvalue weighted by Gasteiger charge is -2.11. The van der Waals surface area contributed by atoms with Crippen LogP contribution in [0, 0.1) is 0 Å². The molecule has 0 atom stereocenters. The van der Waals surface area contributed by atoms with Crippen LogP contribution in [0.15, 0.2) is 23.1 Å². The lowest BCUT2D eigenvalue weighted by molar-refractivity contribution is 0.586. The molecule has 0 saturated carbocycles. The zero-order chi connectivity index (χ0) is 18.6. The maximum absolute atomic E-state index is 6.22. The first-order valence-corrected chi connectivity index (χ1v) is 9.30. The van der Waals surface area contributed by atoms with Gasteiger partial charge in [-0.05, 0) is 15.9 Å². The van der Waals surface area contributed by atoms with Crippen molar-refractivity contribution in [2.24, 2.45) is 7.05 Å². The molecule has 8 heteroatoms. The summed E-state index contributed by atoms with van der Waals surface area (Å²) in [6, 6.07) is 0.441. The zero-order valence-corrected chi connectivity index (χ0v) is 17.0. The number of hydrogen-bond acceptors (Lipinski definition) is 5. The molecule has 7 nitrogen and oxygen atoms in total. The Morgan fingerprint density at radius 2 is 1.96 bits per heavy atom. The smallest absolute Gasteiger partial charge is 0.165 e. The molecule has 0 fully saturated rings. The van der Waals surface area contributed by atoms with Gasteiger partial charge in [-0.3, -0.25) is 4.68 Å². The molecule has 0 spiro atoms. The number of nitrogen functional groups attached to an aromatic ring is 1. The molecule has 0 aliphatic heterocycles. The number of hydrogen-bond donors (Lipinski definition) is 2. The predicted molar refractivity (Wildman–Crippen MR) is 105 cm³/mol. The largest absolute Gasteiger partial charge is 0.383 e. The maximum Gasteiger partial charge on any atom is 0.165 e. The highest BCUT2D eigenvalue weighted by Crippen LogP contribution is 2.29. The van der Waals surface area contributed by atoms with Gasteiger partial charge in [-0.2, -0.15) is 14.7 Å². The van der Waals surface area contributed by atoms with Crippen LogP contribution in [0.25, 0.3) is 16.8 Å². The first-order valence-electron chi connectivity index (χ1n) is 8.51. The monoisotopic (exact) mass is 407 g/mol. The molecule has 0 unspecified atom stereocenters. The molecule has 0 aliphatic carbocycles. The van der Waals surface area contributed by atoms with E-state index in [1.54, 1.807) is 21.6 Å². The third-order valence-electron chi connectivity index (χ3n) is 3.62. The molecule has 3 aromatic heterocycles. The summed E-state index contributed by atoms with van der Waals surface area (Å²) in [5, 5.41) is 12.0. The van der Waals surface area contributed by atoms with Gasteiger partial charge in [0.2, 0.25) is 0 Å². The number of nitrogens with one attached hydrogen (secondary N) is 1. The highest BCUT2D eigenvalue weighted by atomic mass is 79.9. The number of aryl methyl sites for hydroxylation is 1. The van der Waals surface area contributed by atoms with E-state index in [4.69, 9.17) is 10.7 Å². The van der Waals surface area contributed by atoms with Gasteiger partial charge in [0.15, 0.2) is 5.65 Å². The molecule has 25 heavy (non-hydrogen) atoms. The van der Waals surface area contributed by atoms with Gasteiger partial charge < -0.3 is 11.1 Å². The van der Waals surface area contributed by atoms with E-state index in [9.17, 15) is 0 Å². The summed E-state index contributed by atoms with van der Waals surface area (Å²) in [4.78, 5) is 4.77. The lowest BCUT2D eigenvalue weighted by Crippen LogP contribution is -2.25. The highest BCUT2D eigenvalue weighted by Gasteiger charge is 2.16. The van der Waals surface area contributed by atoms with Crippen molar-refractivity contribution in [1.82, 2.24) is 29.7 Å². The van der Waals surface area contributed by atoms with Crippen molar-refractivity contribution in [2.75, 3.05) is 12.3 Å². The van der Waals surface area contributed by atoms with E-state index in [-0.39, 0.29) is 0 Å². The fourth-order valence-electron chi connectivity index (χ4n) is 2.45. The summed E-state index contributed by atoms with van der Waals surface area (Å²) in [6.45, 7) is 9.09. The summed E-state index contributed by atoms with van der Waals surface area (Å²) >= 11 is 3.55. The van der Waals surface area contributed by atoms with Gasteiger partial charge in [0.05, 0.1) is 22.6 Å². The van der Waals surface area contributed by atoms with E-state index in [0.717, 1.165) is 39.9 Å². The fraction of sp³-hybridized carbons (Fsp3) is 0.471. The minimum Gasteiger partial charge on any atom is -0.383 e. The second-order valence-electron chi connectivity index (χ2n) is 5.81. The molecule has 0 radical (unpaired) electrons. The van der Waals surface area contributed by atoms with Gasteiger partial charge in [0.1, 0.15) is 5.82 Å². The molecule has 0 aromatic carbocycles. The Morgan fingerprint density at radius 3 is 2.56 bits per heavy atom. The average Bonchev–Trinajstić information content (AvgIpc) is 3.19. The minimum atomic E-state index is 0.441. The number of nitrogens with zero attached hydrogens (tertiary/aromatic N) is 5. The Morgan fingerprint density at radius 1 is 1.24 bits per heavy atom. The standard InChI is InChI=1S/C15H20BrN7.C2H6/c1-9(2)18-5-4-12-13(16)14(17)23-15(21-12)11(7-20-23)10-6-19-22(3)8-10;1-2/h6-9,18H,4-5,17H2,1-3H3;1-2H3. The second kappa shape index (κ2) is 8.44. The highest BCUT2D eigenvalue weighted by molar-refractivity contribution is 9.10. The number of fused-ring (bicyclic) bond motifs is 1. The Bertz CT molecular complexity index is 835. The van der Waals surface area contributed by atoms with E-state index in [1.165, 1.54) is 0 Å². The molecule has 136 valence electrons. The van der Waals surface area contributed by atoms with Gasteiger partial charge in [-0.15, -0.1) is 0 Å². The van der Waals surface area contributed by atoms with Crippen LogP contribution in [0.2, 0.25) is 0 Å². The molecule has 0 saturated heterocycles. The average molecular weight is 408 g/mol. The van der Waals surface area contributed by atoms with Gasteiger partial charge in [-0.25, -0.2) is 4.98 Å². The summed E-state index contributed by atoms with van der Waals surface area (Å²) in [5.41, 5.74) is 9.79. The predicted octanol–water partition coefficient (Wildman–Crippen LogP) is 3.04. The number of halogens is 1. The second-order valence-corrected chi connectivity index (χ2v) is 6.61. The van der Waals surface area contributed by atoms with Gasteiger partial charge in [0, 0.05) is 43.4 Å². The van der Waals surface area contributed by atoms with Crippen molar-refractivity contribution in [1.29, 1.82) is 0 Å². The molecular formula is C17H26BrN7. The molecule has 3 N–H and O–H groups in total. The van der Waals surface area contributed by atoms with Crippen molar-refractivity contribution in [3.63, 3.8) is 0 Å². The Kier molecular flexibility index (Phi) is 6.55. The van der Waals surface area contributed by atoms with E-state index >= 15 is 0 Å². The Balaban J connectivity index is 0.00000109. The Labute approximate surface area is 156 Å². The summed E-state index contributed by atoms with van der Waals surface area (Å²) in [6.07, 6.45) is 6.31. The third-order valence-corrected chi connectivity index (χ3v) is 4.49. The van der Waals surface area contributed by atoms with Crippen LogP contribution in [0.4, 0.5) is 5.82 Å². The third kappa shape index (κ3) is 4.19. The molecular weight excluding hydrogens is 382 g/mol. The summed E-state index contributed by atoms with van der Waals surface area (Å²) < 4.78 is 4.22. The van der Waals surface area contributed by atoms with Crippen LogP contribution in [-0.2, 0) is 13.5 Å². The number of anilines is 1. The zero-order valence-electron chi connectivity index (χ0n) is 15.4. The van der Waals surface area contributed by atoms with E-state index in [1.807, 2.05) is 27.1 Å². The normalized spacial score (nSPS) is 11.0. The van der Waals surface area contributed by atoms with E-state index < -0.39 is 0 Å². The first kappa shape index (κ1) is 19.4. The first-order chi connectivity index (χ1) is 12.0. The van der Waals surface area contributed by atoms with Crippen LogP contribution >= 0.6 is 15.9 Å². The van der Waals surface area contributed by atoms with Crippen LogP contribution < -0.4 is 11.1 Å². The summed E-state index contributed by atoms with van der Waals surface area (Å²) in [7, 11) is 1.89. The molecule has 3 aromatic rings. The number of rotatable bonds is 5. The molecule has 0 amide bonds. The molecule has 3 heterocycles. The lowest BCUT2D eigenvalue weighted by atomic mass is 10.2. The Hall–Kier alpha value is -1.93. The number of nitrogens with two attached hydrogens (primary N) is 1. The quantitative estimate of drug-likeness (QED) is 0.678. The SMILES string of the molecule is CC.CC(C)NCCc1nc2c(-c3cnn(C)c3)cnn2c(N)c1Br. The van der Waals surface area contributed by atoms with E-state index in [2.05, 4.69) is 45.3 Å². The van der Waals surface area contributed by atoms with E-state index in [0.29, 0.717) is 11.9 Å². The molecule has 0 bridgehead atoms. The van der Waals surface area contributed by atoms with Crippen molar-refractivity contribution in [2.45, 2.75) is 40.2 Å². The van der Waals surface area contributed by atoms with Gasteiger partial charge in [-0.1, -0.05) is 27.7 Å².